The van der Waals surface area contributed by atoms with Crippen LogP contribution < -0.4 is 5.32 Å². The molecule has 2 fully saturated rings. The van der Waals surface area contributed by atoms with E-state index < -0.39 is 12.0 Å². The number of ether oxygens (including phenoxy) is 1. The van der Waals surface area contributed by atoms with Gasteiger partial charge in [-0.25, -0.2) is 9.59 Å². The van der Waals surface area contributed by atoms with E-state index in [1.807, 2.05) is 11.0 Å². The van der Waals surface area contributed by atoms with Crippen LogP contribution in [0.1, 0.15) is 44.2 Å². The number of benzene rings is 1. The Kier molecular flexibility index (Phi) is 8.69. The quantitative estimate of drug-likeness (QED) is 0.422. The van der Waals surface area contributed by atoms with Crippen molar-refractivity contribution in [3.05, 3.63) is 58.8 Å². The lowest BCUT2D eigenvalue weighted by Crippen LogP contribution is -2.51. The van der Waals surface area contributed by atoms with E-state index in [4.69, 9.17) is 16.3 Å². The van der Waals surface area contributed by atoms with Crippen molar-refractivity contribution in [2.24, 2.45) is 5.92 Å². The molecule has 0 radical (unpaired) electrons. The Bertz CT molecular complexity index is 1040. The molecule has 1 aliphatic carbocycles. The minimum atomic E-state index is -0.685. The summed E-state index contributed by atoms with van der Waals surface area (Å²) in [6, 6.07) is 6.15. The van der Waals surface area contributed by atoms with E-state index in [0.29, 0.717) is 41.5 Å². The van der Waals surface area contributed by atoms with Crippen molar-refractivity contribution in [3.8, 4) is 0 Å². The summed E-state index contributed by atoms with van der Waals surface area (Å²) in [7, 11) is 0. The average Bonchev–Trinajstić information content (AvgIpc) is 3.05. The van der Waals surface area contributed by atoms with Gasteiger partial charge in [0, 0.05) is 55.9 Å². The largest absolute Gasteiger partial charge is 0.463 e. The first-order chi connectivity index (χ1) is 17.4. The molecule has 1 saturated carbocycles. The topological polar surface area (TPSA) is 82.2 Å². The maximum absolute atomic E-state index is 13.3. The van der Waals surface area contributed by atoms with Gasteiger partial charge in [-0.2, -0.15) is 0 Å². The van der Waals surface area contributed by atoms with Crippen molar-refractivity contribution in [1.82, 2.24) is 20.0 Å². The lowest BCUT2D eigenvalue weighted by molar-refractivity contribution is -0.139. The minimum Gasteiger partial charge on any atom is -0.463 e. The Morgan fingerprint density at radius 1 is 1.19 bits per heavy atom. The molecule has 1 unspecified atom stereocenters. The fourth-order valence-electron chi connectivity index (χ4n) is 5.06. The number of carbonyl (C=O) groups is 3. The third kappa shape index (κ3) is 5.76. The van der Waals surface area contributed by atoms with Gasteiger partial charge in [0.2, 0.25) is 5.91 Å². The highest BCUT2D eigenvalue weighted by molar-refractivity contribution is 6.30. The van der Waals surface area contributed by atoms with Gasteiger partial charge in [-0.15, -0.1) is 6.58 Å². The first-order valence-corrected chi connectivity index (χ1v) is 13.2. The van der Waals surface area contributed by atoms with E-state index in [1.54, 1.807) is 36.1 Å². The Morgan fingerprint density at radius 3 is 2.67 bits per heavy atom. The van der Waals surface area contributed by atoms with Crippen molar-refractivity contribution in [1.29, 1.82) is 0 Å². The highest BCUT2D eigenvalue weighted by atomic mass is 35.5. The zero-order valence-electron chi connectivity index (χ0n) is 20.9. The minimum absolute atomic E-state index is 0.179. The molecule has 2 aliphatic heterocycles. The van der Waals surface area contributed by atoms with Gasteiger partial charge in [0.15, 0.2) is 0 Å². The second kappa shape index (κ2) is 11.9. The smallest absolute Gasteiger partial charge is 0.338 e. The number of rotatable bonds is 8. The molecule has 3 aliphatic rings. The zero-order chi connectivity index (χ0) is 25.7. The summed E-state index contributed by atoms with van der Waals surface area (Å²) in [6.45, 7) is 9.24. The van der Waals surface area contributed by atoms with Gasteiger partial charge in [0.05, 0.1) is 18.2 Å². The second-order valence-corrected chi connectivity index (χ2v) is 9.94. The molecule has 3 amide bonds. The van der Waals surface area contributed by atoms with Crippen LogP contribution >= 0.6 is 11.6 Å². The molecule has 36 heavy (non-hydrogen) atoms. The van der Waals surface area contributed by atoms with E-state index >= 15 is 0 Å². The molecule has 194 valence electrons. The summed E-state index contributed by atoms with van der Waals surface area (Å²) in [5.74, 6) is -0.0257. The van der Waals surface area contributed by atoms with Crippen LogP contribution in [0.2, 0.25) is 5.02 Å². The lowest BCUT2D eigenvalue weighted by atomic mass is 9.84. The molecular formula is C27H35ClN4O4. The van der Waals surface area contributed by atoms with E-state index in [0.717, 1.165) is 38.8 Å². The molecular weight excluding hydrogens is 480 g/mol. The maximum atomic E-state index is 13.3. The zero-order valence-corrected chi connectivity index (χ0v) is 21.6. The Labute approximate surface area is 217 Å². The van der Waals surface area contributed by atoms with Gasteiger partial charge in [-0.3, -0.25) is 14.6 Å². The summed E-state index contributed by atoms with van der Waals surface area (Å²) in [5.41, 5.74) is 1.70. The SMILES string of the molecule is C=CCN1C(=O)NC(c2cccc(Cl)c2)C(C(=O)OCC)=C1CN1CCCN(C(=O)C2CCC2)CC1. The first-order valence-electron chi connectivity index (χ1n) is 12.8. The number of hydrogen-bond acceptors (Lipinski definition) is 5. The molecule has 9 heteroatoms. The monoisotopic (exact) mass is 514 g/mol. The fraction of sp³-hybridized carbons (Fsp3) is 0.519. The standard InChI is InChI=1S/C27H35ClN4O4/c1-3-12-32-22(18-30-13-7-14-31(16-15-30)25(33)19-8-5-9-19)23(26(34)36-4-2)24(29-27(32)35)20-10-6-11-21(28)17-20/h3,6,10-11,17,19,24H,1,4-5,7-9,12-16,18H2,2H3,(H,29,35). The van der Waals surface area contributed by atoms with Gasteiger partial charge in [0.1, 0.15) is 0 Å². The number of halogens is 1. The lowest BCUT2D eigenvalue weighted by Gasteiger charge is -2.38. The predicted octanol–water partition coefficient (Wildman–Crippen LogP) is 3.74. The molecule has 4 rings (SSSR count). The molecule has 0 aromatic heterocycles. The molecule has 1 aromatic rings. The Hall–Kier alpha value is -2.84. The van der Waals surface area contributed by atoms with Crippen molar-refractivity contribution in [3.63, 3.8) is 0 Å². The van der Waals surface area contributed by atoms with Crippen LogP contribution in [0.15, 0.2) is 48.2 Å². The van der Waals surface area contributed by atoms with Crippen molar-refractivity contribution < 1.29 is 19.1 Å². The number of nitrogens with zero attached hydrogens (tertiary/aromatic N) is 3. The van der Waals surface area contributed by atoms with Gasteiger partial charge in [-0.1, -0.05) is 36.2 Å². The molecule has 0 bridgehead atoms. The molecule has 2 heterocycles. The molecule has 0 spiro atoms. The van der Waals surface area contributed by atoms with Crippen LogP contribution in [0, 0.1) is 5.92 Å². The third-order valence-electron chi connectivity index (χ3n) is 7.16. The van der Waals surface area contributed by atoms with Crippen LogP contribution in [0.5, 0.6) is 0 Å². The summed E-state index contributed by atoms with van der Waals surface area (Å²) in [5, 5.41) is 3.48. The third-order valence-corrected chi connectivity index (χ3v) is 7.39. The molecule has 1 aromatic carbocycles. The highest BCUT2D eigenvalue weighted by Gasteiger charge is 2.39. The van der Waals surface area contributed by atoms with Crippen molar-refractivity contribution in [2.45, 2.75) is 38.6 Å². The second-order valence-electron chi connectivity index (χ2n) is 9.50. The highest BCUT2D eigenvalue weighted by Crippen LogP contribution is 2.33. The van der Waals surface area contributed by atoms with E-state index in [2.05, 4.69) is 16.8 Å². The van der Waals surface area contributed by atoms with E-state index in [-0.39, 0.29) is 31.0 Å². The summed E-state index contributed by atoms with van der Waals surface area (Å²) < 4.78 is 5.46. The number of carbonyl (C=O) groups excluding carboxylic acids is 3. The van der Waals surface area contributed by atoms with Crippen LogP contribution in [-0.2, 0) is 14.3 Å². The van der Waals surface area contributed by atoms with Gasteiger partial charge < -0.3 is 15.0 Å². The molecule has 8 nitrogen and oxygen atoms in total. The Morgan fingerprint density at radius 2 is 2.00 bits per heavy atom. The van der Waals surface area contributed by atoms with Gasteiger partial charge in [-0.05, 0) is 43.9 Å². The van der Waals surface area contributed by atoms with E-state index in [9.17, 15) is 14.4 Å². The average molecular weight is 515 g/mol. The first kappa shape index (κ1) is 26.2. The normalized spacial score (nSPS) is 21.5. The van der Waals surface area contributed by atoms with Crippen LogP contribution in [0.4, 0.5) is 4.79 Å². The van der Waals surface area contributed by atoms with Crippen LogP contribution in [0.3, 0.4) is 0 Å². The molecule has 1 saturated heterocycles. The van der Waals surface area contributed by atoms with Gasteiger partial charge in [0.25, 0.3) is 0 Å². The maximum Gasteiger partial charge on any atom is 0.338 e. The van der Waals surface area contributed by atoms with E-state index in [1.165, 1.54) is 0 Å². The number of esters is 1. The molecule has 1 N–H and O–H groups in total. The fourth-order valence-corrected chi connectivity index (χ4v) is 5.25. The Balaban J connectivity index is 1.65. The molecule has 1 atom stereocenters. The van der Waals surface area contributed by atoms with Crippen LogP contribution in [-0.4, -0.2) is 78.5 Å². The summed E-state index contributed by atoms with van der Waals surface area (Å²) in [4.78, 5) is 45.1. The van der Waals surface area contributed by atoms with Crippen molar-refractivity contribution >= 4 is 29.5 Å². The number of nitrogens with one attached hydrogen (secondary N) is 1. The number of hydrogen-bond donors (Lipinski definition) is 1. The summed E-state index contributed by atoms with van der Waals surface area (Å²) >= 11 is 6.24. The predicted molar refractivity (Wildman–Crippen MR) is 138 cm³/mol. The van der Waals surface area contributed by atoms with Gasteiger partial charge >= 0.3 is 12.0 Å². The number of amides is 3. The summed E-state index contributed by atoms with van der Waals surface area (Å²) in [6.07, 6.45) is 5.60. The van der Waals surface area contributed by atoms with Crippen molar-refractivity contribution in [2.75, 3.05) is 45.9 Å². The van der Waals surface area contributed by atoms with Crippen LogP contribution in [0.25, 0.3) is 0 Å². The number of urea groups is 1.